The number of likely N-dealkylation sites (tertiary alicyclic amines) is 1. The molecule has 132 valence electrons. The van der Waals surface area contributed by atoms with Gasteiger partial charge in [0.2, 0.25) is 5.91 Å². The number of hydrogen-bond donors (Lipinski definition) is 2. The van der Waals surface area contributed by atoms with Gasteiger partial charge in [0.25, 0.3) is 5.91 Å². The maximum absolute atomic E-state index is 12.6. The van der Waals surface area contributed by atoms with Crippen molar-refractivity contribution >= 4 is 22.7 Å². The molecule has 7 heteroatoms. The van der Waals surface area contributed by atoms with Gasteiger partial charge in [-0.25, -0.2) is 0 Å². The second-order valence-electron chi connectivity index (χ2n) is 6.53. The molecule has 0 bridgehead atoms. The normalized spacial score (nSPS) is 19.9. The summed E-state index contributed by atoms with van der Waals surface area (Å²) >= 11 is 0. The molecule has 4 rings (SSSR count). The number of pyridine rings is 1. The van der Waals surface area contributed by atoms with Crippen LogP contribution in [0.5, 0.6) is 0 Å². The second kappa shape index (κ2) is 6.59. The molecule has 2 N–H and O–H groups in total. The van der Waals surface area contributed by atoms with Crippen molar-refractivity contribution in [2.75, 3.05) is 13.6 Å². The lowest BCUT2D eigenvalue weighted by atomic mass is 9.94. The average Bonchev–Trinajstić information content (AvgIpc) is 3.22. The number of carbonyl (C=O) groups is 2. The Morgan fingerprint density at radius 1 is 1.31 bits per heavy atom. The number of aromatic nitrogens is 3. The molecule has 0 spiro atoms. The zero-order chi connectivity index (χ0) is 18.1. The van der Waals surface area contributed by atoms with Crippen molar-refractivity contribution in [3.63, 3.8) is 0 Å². The number of benzene rings is 1. The molecule has 7 nitrogen and oxygen atoms in total. The lowest BCUT2D eigenvalue weighted by Gasteiger charge is -2.25. The highest BCUT2D eigenvalue weighted by Crippen LogP contribution is 2.36. The molecule has 3 heterocycles. The van der Waals surface area contributed by atoms with E-state index >= 15 is 0 Å². The molecular weight excluding hydrogens is 330 g/mol. The van der Waals surface area contributed by atoms with Crippen molar-refractivity contribution in [2.45, 2.75) is 12.5 Å². The fraction of sp³-hybridized carbons (Fsp3) is 0.263. The van der Waals surface area contributed by atoms with Crippen molar-refractivity contribution in [3.8, 4) is 0 Å². The molecule has 1 aliphatic rings. The van der Waals surface area contributed by atoms with E-state index in [2.05, 4.69) is 20.5 Å². The van der Waals surface area contributed by atoms with E-state index in [-0.39, 0.29) is 23.8 Å². The van der Waals surface area contributed by atoms with Crippen LogP contribution in [0.3, 0.4) is 0 Å². The molecule has 3 aromatic rings. The number of carbonyl (C=O) groups excluding carboxylic acids is 2. The Morgan fingerprint density at radius 3 is 2.96 bits per heavy atom. The molecule has 2 amide bonds. The van der Waals surface area contributed by atoms with Gasteiger partial charge in [0.15, 0.2) is 5.69 Å². The summed E-state index contributed by atoms with van der Waals surface area (Å²) in [6.07, 6.45) is 3.88. The molecule has 1 aliphatic heterocycles. The minimum atomic E-state index is -0.241. The Balaban J connectivity index is 1.51. The first-order chi connectivity index (χ1) is 12.6. The van der Waals surface area contributed by atoms with Gasteiger partial charge in [0.1, 0.15) is 0 Å². The number of H-pyrrole nitrogens is 1. The summed E-state index contributed by atoms with van der Waals surface area (Å²) < 4.78 is 0. The number of nitrogens with zero attached hydrogens (tertiary/aromatic N) is 3. The summed E-state index contributed by atoms with van der Waals surface area (Å²) in [5.41, 5.74) is 2.17. The van der Waals surface area contributed by atoms with Gasteiger partial charge in [0, 0.05) is 43.7 Å². The highest BCUT2D eigenvalue weighted by Gasteiger charge is 2.38. The van der Waals surface area contributed by atoms with Crippen LogP contribution < -0.4 is 5.32 Å². The van der Waals surface area contributed by atoms with E-state index in [1.165, 1.54) is 0 Å². The molecule has 1 fully saturated rings. The molecule has 26 heavy (non-hydrogen) atoms. The van der Waals surface area contributed by atoms with Crippen molar-refractivity contribution < 1.29 is 9.59 Å². The first kappa shape index (κ1) is 16.3. The van der Waals surface area contributed by atoms with E-state index in [9.17, 15) is 9.59 Å². The standard InChI is InChI=1S/C19H19N5O2/c1-24-16(25)9-13(18(24)12-5-4-8-20-10-12)11-21-19(26)17-14-6-2-3-7-15(14)22-23-17/h2-8,10,13,18H,9,11H2,1H3,(H,21,26)(H,22,23)/t13-,18-/m0/s1. The maximum Gasteiger partial charge on any atom is 0.272 e. The number of fused-ring (bicyclic) bond motifs is 1. The third-order valence-electron chi connectivity index (χ3n) is 4.93. The van der Waals surface area contributed by atoms with Crippen LogP contribution in [0.1, 0.15) is 28.5 Å². The van der Waals surface area contributed by atoms with E-state index in [0.717, 1.165) is 16.5 Å². The summed E-state index contributed by atoms with van der Waals surface area (Å²) in [6, 6.07) is 11.2. The van der Waals surface area contributed by atoms with Crippen molar-refractivity contribution in [1.29, 1.82) is 0 Å². The van der Waals surface area contributed by atoms with Crippen LogP contribution in [0.25, 0.3) is 10.9 Å². The minimum absolute atomic E-state index is 0.00847. The molecule has 0 radical (unpaired) electrons. The molecule has 0 saturated carbocycles. The summed E-state index contributed by atoms with van der Waals surface area (Å²) in [6.45, 7) is 0.398. The lowest BCUT2D eigenvalue weighted by Crippen LogP contribution is -2.32. The third-order valence-corrected chi connectivity index (χ3v) is 4.93. The van der Waals surface area contributed by atoms with E-state index in [1.807, 2.05) is 36.4 Å². The predicted octanol–water partition coefficient (Wildman–Crippen LogP) is 1.91. The van der Waals surface area contributed by atoms with Gasteiger partial charge >= 0.3 is 0 Å². The van der Waals surface area contributed by atoms with Crippen LogP contribution in [-0.2, 0) is 4.79 Å². The number of nitrogens with one attached hydrogen (secondary N) is 2. The first-order valence-corrected chi connectivity index (χ1v) is 8.52. The topological polar surface area (TPSA) is 91.0 Å². The number of para-hydroxylation sites is 1. The Bertz CT molecular complexity index is 953. The van der Waals surface area contributed by atoms with Gasteiger partial charge < -0.3 is 10.2 Å². The van der Waals surface area contributed by atoms with Crippen molar-refractivity contribution in [3.05, 3.63) is 60.0 Å². The van der Waals surface area contributed by atoms with Crippen molar-refractivity contribution in [2.24, 2.45) is 5.92 Å². The number of amides is 2. The Labute approximate surface area is 150 Å². The Morgan fingerprint density at radius 2 is 2.15 bits per heavy atom. The highest BCUT2D eigenvalue weighted by molar-refractivity contribution is 6.04. The SMILES string of the molecule is CN1C(=O)C[C@@H](CNC(=O)c2n[nH]c3ccccc23)[C@@H]1c1cccnc1. The van der Waals surface area contributed by atoms with Gasteiger partial charge in [-0.3, -0.25) is 19.7 Å². The number of hydrogen-bond acceptors (Lipinski definition) is 4. The smallest absolute Gasteiger partial charge is 0.272 e. The zero-order valence-electron chi connectivity index (χ0n) is 14.3. The second-order valence-corrected chi connectivity index (χ2v) is 6.53. The van der Waals surface area contributed by atoms with Crippen molar-refractivity contribution in [1.82, 2.24) is 25.4 Å². The molecular formula is C19H19N5O2. The monoisotopic (exact) mass is 349 g/mol. The van der Waals surface area contributed by atoms with Gasteiger partial charge in [-0.1, -0.05) is 24.3 Å². The molecule has 1 aromatic carbocycles. The number of aromatic amines is 1. The van der Waals surface area contributed by atoms with E-state index in [1.54, 1.807) is 24.3 Å². The van der Waals surface area contributed by atoms with Crippen LogP contribution in [0.4, 0.5) is 0 Å². The number of rotatable bonds is 4. The Hall–Kier alpha value is -3.22. The maximum atomic E-state index is 12.6. The van der Waals surface area contributed by atoms with Gasteiger partial charge in [-0.15, -0.1) is 0 Å². The zero-order valence-corrected chi connectivity index (χ0v) is 14.3. The fourth-order valence-corrected chi connectivity index (χ4v) is 3.63. The molecule has 2 atom stereocenters. The molecule has 1 saturated heterocycles. The predicted molar refractivity (Wildman–Crippen MR) is 96.3 cm³/mol. The average molecular weight is 349 g/mol. The van der Waals surface area contributed by atoms with Crippen LogP contribution in [0, 0.1) is 5.92 Å². The van der Waals surface area contributed by atoms with Crippen LogP contribution >= 0.6 is 0 Å². The van der Waals surface area contributed by atoms with E-state index in [0.29, 0.717) is 18.7 Å². The highest BCUT2D eigenvalue weighted by atomic mass is 16.2. The van der Waals surface area contributed by atoms with Crippen LogP contribution in [0.2, 0.25) is 0 Å². The quantitative estimate of drug-likeness (QED) is 0.753. The van der Waals surface area contributed by atoms with Gasteiger partial charge in [-0.05, 0) is 17.7 Å². The van der Waals surface area contributed by atoms with Crippen LogP contribution in [-0.4, -0.2) is 45.5 Å². The summed E-state index contributed by atoms with van der Waals surface area (Å²) in [7, 11) is 1.79. The molecule has 0 aliphatic carbocycles. The van der Waals surface area contributed by atoms with Gasteiger partial charge in [0.05, 0.1) is 11.6 Å². The van der Waals surface area contributed by atoms with Gasteiger partial charge in [-0.2, -0.15) is 5.10 Å². The third kappa shape index (κ3) is 2.81. The lowest BCUT2D eigenvalue weighted by molar-refractivity contribution is -0.127. The fourth-order valence-electron chi connectivity index (χ4n) is 3.63. The molecule has 2 aromatic heterocycles. The van der Waals surface area contributed by atoms with Crippen LogP contribution in [0.15, 0.2) is 48.8 Å². The first-order valence-electron chi connectivity index (χ1n) is 8.52. The summed E-state index contributed by atoms with van der Waals surface area (Å²) in [5.74, 6) is -0.177. The van der Waals surface area contributed by atoms with E-state index in [4.69, 9.17) is 0 Å². The van der Waals surface area contributed by atoms with E-state index < -0.39 is 0 Å². The summed E-state index contributed by atoms with van der Waals surface area (Å²) in [4.78, 5) is 30.7. The summed E-state index contributed by atoms with van der Waals surface area (Å²) in [5, 5.41) is 10.7. The minimum Gasteiger partial charge on any atom is -0.350 e. The largest absolute Gasteiger partial charge is 0.350 e. The molecule has 0 unspecified atom stereocenters. The Kier molecular flexibility index (Phi) is 4.12.